The maximum atomic E-state index is 12.7. The number of rotatable bonds is 6. The van der Waals surface area contributed by atoms with Crippen LogP contribution in [0.15, 0.2) is 72.8 Å². The molecular weight excluding hydrogens is 426 g/mol. The van der Waals surface area contributed by atoms with Gasteiger partial charge in [-0.2, -0.15) is 0 Å². The van der Waals surface area contributed by atoms with E-state index in [0.29, 0.717) is 22.0 Å². The molecule has 0 atom stereocenters. The number of aromatic nitrogens is 3. The summed E-state index contributed by atoms with van der Waals surface area (Å²) >= 11 is 6.18. The summed E-state index contributed by atoms with van der Waals surface area (Å²) in [5, 5.41) is 4.95. The first kappa shape index (κ1) is 21.5. The van der Waals surface area contributed by atoms with E-state index in [1.54, 1.807) is 47.1 Å². The lowest BCUT2D eigenvalue weighted by Crippen LogP contribution is -2.15. The molecule has 3 aromatic carbocycles. The van der Waals surface area contributed by atoms with E-state index in [0.717, 1.165) is 16.8 Å². The van der Waals surface area contributed by atoms with E-state index in [1.165, 1.54) is 0 Å². The van der Waals surface area contributed by atoms with Crippen molar-refractivity contribution in [2.45, 2.75) is 13.8 Å². The zero-order valence-corrected chi connectivity index (χ0v) is 18.3. The van der Waals surface area contributed by atoms with Gasteiger partial charge in [0.05, 0.1) is 5.69 Å². The van der Waals surface area contributed by atoms with Gasteiger partial charge < -0.3 is 4.74 Å². The van der Waals surface area contributed by atoms with Crippen molar-refractivity contribution in [1.29, 1.82) is 0 Å². The lowest BCUT2D eigenvalue weighted by atomic mass is 10.1. The quantitative estimate of drug-likeness (QED) is 0.299. The smallest absolute Gasteiger partial charge is 0.378 e. The van der Waals surface area contributed by atoms with Gasteiger partial charge in [0.2, 0.25) is 0 Å². The fraction of sp³-hybridized carbons (Fsp3) is 0.120. The Balaban J connectivity index is 1.68. The summed E-state index contributed by atoms with van der Waals surface area (Å²) < 4.78 is 6.81. The summed E-state index contributed by atoms with van der Waals surface area (Å²) in [5.41, 5.74) is 3.95. The summed E-state index contributed by atoms with van der Waals surface area (Å²) in [6.45, 7) is 3.53. The highest BCUT2D eigenvalue weighted by molar-refractivity contribution is 6.30. The number of aryl methyl sites for hydroxylation is 2. The molecule has 6 nitrogen and oxygen atoms in total. The molecule has 0 bridgehead atoms. The summed E-state index contributed by atoms with van der Waals surface area (Å²) in [7, 11) is 0. The molecule has 4 rings (SSSR count). The van der Waals surface area contributed by atoms with Gasteiger partial charge in [-0.05, 0) is 43.2 Å². The number of nitrogens with zero attached hydrogens (tertiary/aromatic N) is 3. The highest BCUT2D eigenvalue weighted by Gasteiger charge is 2.22. The van der Waals surface area contributed by atoms with Gasteiger partial charge in [-0.15, -0.1) is 5.10 Å². The fourth-order valence-electron chi connectivity index (χ4n) is 3.23. The van der Waals surface area contributed by atoms with Crippen molar-refractivity contribution in [3.8, 4) is 17.1 Å². The van der Waals surface area contributed by atoms with Crippen LogP contribution >= 0.6 is 11.6 Å². The zero-order chi connectivity index (χ0) is 22.7. The topological polar surface area (TPSA) is 74.1 Å². The first-order valence-electron chi connectivity index (χ1n) is 9.98. The Hall–Kier alpha value is -3.77. The molecule has 0 N–H and O–H groups in total. The molecule has 0 aliphatic heterocycles. The van der Waals surface area contributed by atoms with Crippen LogP contribution in [-0.2, 0) is 4.74 Å². The Bertz CT molecular complexity index is 1300. The van der Waals surface area contributed by atoms with Crippen LogP contribution in [0.5, 0.6) is 0 Å². The third-order valence-corrected chi connectivity index (χ3v) is 5.13. The highest BCUT2D eigenvalue weighted by Crippen LogP contribution is 2.26. The molecule has 0 fully saturated rings. The Morgan fingerprint density at radius 3 is 2.50 bits per heavy atom. The van der Waals surface area contributed by atoms with Crippen LogP contribution in [0.4, 0.5) is 0 Å². The van der Waals surface area contributed by atoms with Crippen molar-refractivity contribution < 1.29 is 14.3 Å². The second-order valence-corrected chi connectivity index (χ2v) is 7.77. The molecule has 0 amide bonds. The molecule has 4 aromatic rings. The lowest BCUT2D eigenvalue weighted by molar-refractivity contribution is 0.0462. The van der Waals surface area contributed by atoms with Crippen molar-refractivity contribution >= 4 is 23.4 Å². The second-order valence-electron chi connectivity index (χ2n) is 7.34. The average Bonchev–Trinajstić information content (AvgIpc) is 3.25. The number of hydrogen-bond acceptors (Lipinski definition) is 5. The number of hydrogen-bond donors (Lipinski definition) is 0. The molecule has 7 heteroatoms. The fourth-order valence-corrected chi connectivity index (χ4v) is 3.42. The van der Waals surface area contributed by atoms with E-state index >= 15 is 0 Å². The lowest BCUT2D eigenvalue weighted by Gasteiger charge is -2.10. The SMILES string of the molecule is Cc1ccc(C)c(-n2nc(C(=O)OCC(=O)c3ccccc3)nc2-c2cccc(Cl)c2)c1. The predicted octanol–water partition coefficient (Wildman–Crippen LogP) is 5.24. The number of ketones is 1. The van der Waals surface area contributed by atoms with Gasteiger partial charge in [0, 0.05) is 16.1 Å². The Morgan fingerprint density at radius 2 is 1.75 bits per heavy atom. The molecule has 1 heterocycles. The minimum absolute atomic E-state index is 0.137. The van der Waals surface area contributed by atoms with Crippen LogP contribution in [0, 0.1) is 13.8 Å². The standard InChI is InChI=1S/C25H20ClN3O3/c1-16-11-12-17(2)21(13-16)29-24(19-9-6-10-20(26)14-19)27-23(28-29)25(31)32-15-22(30)18-7-4-3-5-8-18/h3-14H,15H2,1-2H3. The zero-order valence-electron chi connectivity index (χ0n) is 17.6. The normalized spacial score (nSPS) is 10.7. The van der Waals surface area contributed by atoms with Gasteiger partial charge in [-0.1, -0.05) is 66.2 Å². The number of esters is 1. The third-order valence-electron chi connectivity index (χ3n) is 4.90. The summed E-state index contributed by atoms with van der Waals surface area (Å²) in [5.74, 6) is -0.770. The first-order valence-corrected chi connectivity index (χ1v) is 10.4. The third kappa shape index (κ3) is 4.60. The van der Waals surface area contributed by atoms with Crippen LogP contribution in [0.3, 0.4) is 0 Å². The Morgan fingerprint density at radius 1 is 0.969 bits per heavy atom. The van der Waals surface area contributed by atoms with Gasteiger partial charge in [0.25, 0.3) is 5.82 Å². The average molecular weight is 446 g/mol. The number of halogens is 1. The molecule has 0 aliphatic carbocycles. The van der Waals surface area contributed by atoms with Crippen molar-refractivity contribution in [3.05, 3.63) is 100 Å². The monoisotopic (exact) mass is 445 g/mol. The van der Waals surface area contributed by atoms with Crippen LogP contribution in [0.1, 0.15) is 32.1 Å². The number of benzene rings is 3. The van der Waals surface area contributed by atoms with E-state index in [4.69, 9.17) is 16.3 Å². The van der Waals surface area contributed by atoms with Gasteiger partial charge in [-0.25, -0.2) is 14.5 Å². The van der Waals surface area contributed by atoms with E-state index in [2.05, 4.69) is 10.1 Å². The van der Waals surface area contributed by atoms with Crippen LogP contribution in [-0.4, -0.2) is 33.1 Å². The number of ether oxygens (including phenoxy) is 1. The van der Waals surface area contributed by atoms with E-state index < -0.39 is 12.6 Å². The summed E-state index contributed by atoms with van der Waals surface area (Å²) in [4.78, 5) is 29.4. The molecule has 0 spiro atoms. The first-order chi connectivity index (χ1) is 15.4. The molecule has 1 aromatic heterocycles. The minimum atomic E-state index is -0.776. The molecule has 0 aliphatic rings. The molecule has 32 heavy (non-hydrogen) atoms. The minimum Gasteiger partial charge on any atom is -0.451 e. The second kappa shape index (κ2) is 9.16. The van der Waals surface area contributed by atoms with Crippen LogP contribution in [0.25, 0.3) is 17.1 Å². The number of carbonyl (C=O) groups excluding carboxylic acids is 2. The predicted molar refractivity (Wildman–Crippen MR) is 122 cm³/mol. The van der Waals surface area contributed by atoms with Gasteiger partial charge in [0.15, 0.2) is 18.2 Å². The molecule has 0 radical (unpaired) electrons. The van der Waals surface area contributed by atoms with E-state index in [9.17, 15) is 9.59 Å². The highest BCUT2D eigenvalue weighted by atomic mass is 35.5. The maximum absolute atomic E-state index is 12.7. The summed E-state index contributed by atoms with van der Waals surface area (Å²) in [6.07, 6.45) is 0. The van der Waals surface area contributed by atoms with Crippen molar-refractivity contribution in [2.24, 2.45) is 0 Å². The Kier molecular flexibility index (Phi) is 6.14. The van der Waals surface area contributed by atoms with E-state index in [-0.39, 0.29) is 11.6 Å². The van der Waals surface area contributed by atoms with Crippen LogP contribution < -0.4 is 0 Å². The van der Waals surface area contributed by atoms with Crippen molar-refractivity contribution in [2.75, 3.05) is 6.61 Å². The molecule has 0 unspecified atom stereocenters. The largest absolute Gasteiger partial charge is 0.451 e. The van der Waals surface area contributed by atoms with Crippen LogP contribution in [0.2, 0.25) is 5.02 Å². The van der Waals surface area contributed by atoms with Crippen molar-refractivity contribution in [3.63, 3.8) is 0 Å². The molecule has 0 saturated carbocycles. The summed E-state index contributed by atoms with van der Waals surface area (Å²) in [6, 6.07) is 21.7. The van der Waals surface area contributed by atoms with Crippen molar-refractivity contribution in [1.82, 2.24) is 14.8 Å². The number of Topliss-reactive ketones (excluding diaryl/α,β-unsaturated/α-hetero) is 1. The molecule has 0 saturated heterocycles. The van der Waals surface area contributed by atoms with Gasteiger partial charge >= 0.3 is 5.97 Å². The van der Waals surface area contributed by atoms with Gasteiger partial charge in [-0.3, -0.25) is 4.79 Å². The molecular formula is C25H20ClN3O3. The Labute approximate surface area is 190 Å². The number of carbonyl (C=O) groups is 2. The van der Waals surface area contributed by atoms with E-state index in [1.807, 2.05) is 44.2 Å². The molecule has 160 valence electrons. The maximum Gasteiger partial charge on any atom is 0.378 e. The van der Waals surface area contributed by atoms with Gasteiger partial charge in [0.1, 0.15) is 0 Å².